The molecule has 2 N–H and O–H groups in total. The molecule has 0 atom stereocenters. The first-order chi connectivity index (χ1) is 7.24. The van der Waals surface area contributed by atoms with Crippen molar-refractivity contribution in [1.82, 2.24) is 0 Å². The maximum absolute atomic E-state index is 11.4. The molecule has 0 amide bonds. The zero-order chi connectivity index (χ0) is 10.8. The summed E-state index contributed by atoms with van der Waals surface area (Å²) in [5.74, 6) is 4.97. The number of hydrazone groups is 1. The standard InChI is InChI=1S/C10H7ClN2O2/c11-9-6-3-1-2-4-8(6)15-10(14)7(9)5-13-12/h1-5H,12H2. The van der Waals surface area contributed by atoms with Crippen molar-refractivity contribution in [2.75, 3.05) is 0 Å². The van der Waals surface area contributed by atoms with Crippen LogP contribution in [0.25, 0.3) is 11.0 Å². The lowest BCUT2D eigenvalue weighted by atomic mass is 10.2. The SMILES string of the molecule is NN=Cc1c(Cl)c2ccccc2oc1=O. The summed E-state index contributed by atoms with van der Waals surface area (Å²) >= 11 is 6.02. The molecule has 1 heterocycles. The molecular weight excluding hydrogens is 216 g/mol. The van der Waals surface area contributed by atoms with Crippen molar-refractivity contribution in [3.63, 3.8) is 0 Å². The molecule has 5 heteroatoms. The Labute approximate surface area is 90.0 Å². The summed E-state index contributed by atoms with van der Waals surface area (Å²) in [7, 11) is 0. The van der Waals surface area contributed by atoms with Crippen molar-refractivity contribution in [3.05, 3.63) is 45.3 Å². The first-order valence-corrected chi connectivity index (χ1v) is 4.56. The molecule has 0 saturated heterocycles. The van der Waals surface area contributed by atoms with Crippen molar-refractivity contribution < 1.29 is 4.42 Å². The molecule has 1 aromatic heterocycles. The highest BCUT2D eigenvalue weighted by Crippen LogP contribution is 2.23. The van der Waals surface area contributed by atoms with E-state index in [2.05, 4.69) is 5.10 Å². The number of hydrogen-bond donors (Lipinski definition) is 1. The number of fused-ring (bicyclic) bond motifs is 1. The van der Waals surface area contributed by atoms with Crippen LogP contribution in [0.3, 0.4) is 0 Å². The summed E-state index contributed by atoms with van der Waals surface area (Å²) in [6, 6.07) is 7.00. The second-order valence-electron chi connectivity index (χ2n) is 2.89. The Morgan fingerprint density at radius 1 is 1.40 bits per heavy atom. The van der Waals surface area contributed by atoms with Gasteiger partial charge in [0.25, 0.3) is 0 Å². The molecule has 0 fully saturated rings. The van der Waals surface area contributed by atoms with Crippen molar-refractivity contribution in [1.29, 1.82) is 0 Å². The summed E-state index contributed by atoms with van der Waals surface area (Å²) in [5.41, 5.74) is 0.0624. The maximum Gasteiger partial charge on any atom is 0.346 e. The van der Waals surface area contributed by atoms with E-state index in [1.807, 2.05) is 0 Å². The van der Waals surface area contributed by atoms with Crippen LogP contribution in [-0.4, -0.2) is 6.21 Å². The number of rotatable bonds is 1. The fraction of sp³-hybridized carbons (Fsp3) is 0. The minimum Gasteiger partial charge on any atom is -0.422 e. The second kappa shape index (κ2) is 3.74. The fourth-order valence-corrected chi connectivity index (χ4v) is 1.59. The van der Waals surface area contributed by atoms with Crippen molar-refractivity contribution in [2.24, 2.45) is 10.9 Å². The fourth-order valence-electron chi connectivity index (χ4n) is 1.31. The van der Waals surface area contributed by atoms with Gasteiger partial charge < -0.3 is 10.3 Å². The van der Waals surface area contributed by atoms with Gasteiger partial charge in [-0.2, -0.15) is 5.10 Å². The van der Waals surface area contributed by atoms with E-state index < -0.39 is 5.63 Å². The van der Waals surface area contributed by atoms with Gasteiger partial charge in [-0.3, -0.25) is 0 Å². The second-order valence-corrected chi connectivity index (χ2v) is 3.27. The molecule has 0 aliphatic carbocycles. The van der Waals surface area contributed by atoms with Crippen LogP contribution in [0.15, 0.2) is 38.6 Å². The molecule has 15 heavy (non-hydrogen) atoms. The normalized spacial score (nSPS) is 11.3. The monoisotopic (exact) mass is 222 g/mol. The number of para-hydroxylation sites is 1. The third kappa shape index (κ3) is 1.59. The first kappa shape index (κ1) is 9.73. The third-order valence-corrected chi connectivity index (χ3v) is 2.39. The van der Waals surface area contributed by atoms with Gasteiger partial charge in [0.05, 0.1) is 16.8 Å². The van der Waals surface area contributed by atoms with Gasteiger partial charge in [-0.15, -0.1) is 0 Å². The van der Waals surface area contributed by atoms with Crippen molar-refractivity contribution in [2.45, 2.75) is 0 Å². The number of benzene rings is 1. The lowest BCUT2D eigenvalue weighted by molar-refractivity contribution is 0.560. The maximum atomic E-state index is 11.4. The topological polar surface area (TPSA) is 68.6 Å². The Morgan fingerprint density at radius 3 is 2.87 bits per heavy atom. The van der Waals surface area contributed by atoms with E-state index in [1.165, 1.54) is 6.21 Å². The van der Waals surface area contributed by atoms with Crippen molar-refractivity contribution >= 4 is 28.8 Å². The Hall–Kier alpha value is -1.81. The Kier molecular flexibility index (Phi) is 2.43. The zero-order valence-electron chi connectivity index (χ0n) is 7.61. The lowest BCUT2D eigenvalue weighted by Gasteiger charge is -2.00. The summed E-state index contributed by atoms with van der Waals surface area (Å²) in [6.45, 7) is 0. The Morgan fingerprint density at radius 2 is 2.13 bits per heavy atom. The average molecular weight is 223 g/mol. The molecule has 0 aliphatic rings. The predicted molar refractivity (Wildman–Crippen MR) is 59.3 cm³/mol. The van der Waals surface area contributed by atoms with Crippen molar-refractivity contribution in [3.8, 4) is 0 Å². The quantitative estimate of drug-likeness (QED) is 0.346. The van der Waals surface area contributed by atoms with Crippen LogP contribution in [0.2, 0.25) is 5.02 Å². The molecule has 0 aliphatic heterocycles. The van der Waals surface area contributed by atoms with Crippen LogP contribution in [-0.2, 0) is 0 Å². The number of nitrogens with zero attached hydrogens (tertiary/aromatic N) is 1. The molecular formula is C10H7ClN2O2. The van der Waals surface area contributed by atoms with E-state index in [4.69, 9.17) is 21.9 Å². The van der Waals surface area contributed by atoms with Gasteiger partial charge in [0.15, 0.2) is 0 Å². The zero-order valence-corrected chi connectivity index (χ0v) is 8.36. The molecule has 2 rings (SSSR count). The molecule has 1 aromatic carbocycles. The number of nitrogens with two attached hydrogens (primary N) is 1. The largest absolute Gasteiger partial charge is 0.422 e. The molecule has 76 valence electrons. The summed E-state index contributed by atoms with van der Waals surface area (Å²) in [5, 5.41) is 4.23. The van der Waals surface area contributed by atoms with Gasteiger partial charge in [0, 0.05) is 5.39 Å². The smallest absolute Gasteiger partial charge is 0.346 e. The van der Waals surface area contributed by atoms with E-state index in [-0.39, 0.29) is 5.56 Å². The molecule has 0 bridgehead atoms. The predicted octanol–water partition coefficient (Wildman–Crippen LogP) is 1.74. The van der Waals surface area contributed by atoms with Gasteiger partial charge >= 0.3 is 5.63 Å². The minimum absolute atomic E-state index is 0.165. The molecule has 0 radical (unpaired) electrons. The Bertz CT molecular complexity index is 589. The van der Waals surface area contributed by atoms with Gasteiger partial charge in [-0.25, -0.2) is 4.79 Å². The summed E-state index contributed by atoms with van der Waals surface area (Å²) < 4.78 is 5.04. The highest BCUT2D eigenvalue weighted by Gasteiger charge is 2.10. The molecule has 0 unspecified atom stereocenters. The lowest BCUT2D eigenvalue weighted by Crippen LogP contribution is -2.08. The molecule has 2 aromatic rings. The van der Waals surface area contributed by atoms with E-state index >= 15 is 0 Å². The number of hydrogen-bond acceptors (Lipinski definition) is 4. The van der Waals surface area contributed by atoms with Crippen LogP contribution in [0.4, 0.5) is 0 Å². The Balaban J connectivity index is 2.90. The molecule has 0 spiro atoms. The van der Waals surface area contributed by atoms with E-state index in [0.29, 0.717) is 16.0 Å². The minimum atomic E-state index is -0.548. The first-order valence-electron chi connectivity index (χ1n) is 4.18. The number of halogens is 1. The molecule has 0 saturated carbocycles. The van der Waals surface area contributed by atoms with E-state index in [9.17, 15) is 4.79 Å². The highest BCUT2D eigenvalue weighted by atomic mass is 35.5. The summed E-state index contributed by atoms with van der Waals surface area (Å²) in [4.78, 5) is 11.4. The van der Waals surface area contributed by atoms with Gasteiger partial charge in [0.1, 0.15) is 5.58 Å². The highest BCUT2D eigenvalue weighted by molar-refractivity contribution is 6.37. The summed E-state index contributed by atoms with van der Waals surface area (Å²) in [6.07, 6.45) is 1.18. The van der Waals surface area contributed by atoms with Gasteiger partial charge in [0.2, 0.25) is 0 Å². The van der Waals surface area contributed by atoms with Crippen LogP contribution in [0, 0.1) is 0 Å². The van der Waals surface area contributed by atoms with Gasteiger partial charge in [-0.05, 0) is 12.1 Å². The van der Waals surface area contributed by atoms with Crippen LogP contribution >= 0.6 is 11.6 Å². The van der Waals surface area contributed by atoms with Crippen LogP contribution in [0.5, 0.6) is 0 Å². The van der Waals surface area contributed by atoms with Gasteiger partial charge in [-0.1, -0.05) is 23.7 Å². The van der Waals surface area contributed by atoms with E-state index in [0.717, 1.165) is 0 Å². The van der Waals surface area contributed by atoms with E-state index in [1.54, 1.807) is 24.3 Å². The third-order valence-electron chi connectivity index (χ3n) is 1.99. The average Bonchev–Trinajstić information content (AvgIpc) is 2.24. The van der Waals surface area contributed by atoms with Crippen LogP contribution < -0.4 is 11.5 Å². The van der Waals surface area contributed by atoms with Crippen LogP contribution in [0.1, 0.15) is 5.56 Å². The molecule has 4 nitrogen and oxygen atoms in total.